The molecule has 208 valence electrons. The van der Waals surface area contributed by atoms with Crippen LogP contribution in [0.3, 0.4) is 0 Å². The second-order valence-corrected chi connectivity index (χ2v) is 9.90. The van der Waals surface area contributed by atoms with Gasteiger partial charge in [0, 0.05) is 12.1 Å². The molecule has 0 radical (unpaired) electrons. The van der Waals surface area contributed by atoms with E-state index in [1.54, 1.807) is 26.0 Å². The summed E-state index contributed by atoms with van der Waals surface area (Å²) in [7, 11) is 0. The van der Waals surface area contributed by atoms with Crippen molar-refractivity contribution in [2.45, 2.75) is 70.7 Å². The maximum atomic E-state index is 12.7. The third kappa shape index (κ3) is 8.49. The molecule has 2 aromatic carbocycles. The molecule has 0 spiro atoms. The van der Waals surface area contributed by atoms with Gasteiger partial charge >= 0.3 is 12.3 Å². The number of carbonyl (C=O) groups is 1. The third-order valence-electron chi connectivity index (χ3n) is 6.56. The number of unbranched alkanes of at least 4 members (excludes halogenated alkanes) is 3. The van der Waals surface area contributed by atoms with Gasteiger partial charge < -0.3 is 25.7 Å². The molecule has 0 heterocycles. The van der Waals surface area contributed by atoms with Crippen molar-refractivity contribution in [1.29, 1.82) is 0 Å². The molecule has 1 unspecified atom stereocenters. The maximum absolute atomic E-state index is 12.7. The quantitative estimate of drug-likeness (QED) is 0.259. The fraction of sp³-hybridized carbons (Fsp3) is 0.483. The van der Waals surface area contributed by atoms with Crippen molar-refractivity contribution in [2.75, 3.05) is 19.8 Å². The average Bonchev–Trinajstić information content (AvgIpc) is 3.09. The summed E-state index contributed by atoms with van der Waals surface area (Å²) in [6.45, 7) is 4.07. The maximum Gasteiger partial charge on any atom is 0.573 e. The monoisotopic (exact) mass is 534 g/mol. The van der Waals surface area contributed by atoms with Crippen LogP contribution in [0.25, 0.3) is 11.6 Å². The number of nitrogens with two attached hydrogens (primary N) is 2. The normalized spacial score (nSPS) is 15.1. The summed E-state index contributed by atoms with van der Waals surface area (Å²) in [4.78, 5) is 11.8. The van der Waals surface area contributed by atoms with Crippen LogP contribution in [0, 0.1) is 6.92 Å². The van der Waals surface area contributed by atoms with E-state index in [1.165, 1.54) is 11.6 Å². The number of benzene rings is 2. The Morgan fingerprint density at radius 2 is 1.74 bits per heavy atom. The number of hydrogen-bond donors (Lipinski definition) is 2. The van der Waals surface area contributed by atoms with Crippen LogP contribution in [0.1, 0.15) is 67.7 Å². The van der Waals surface area contributed by atoms with Crippen LogP contribution >= 0.6 is 0 Å². The van der Waals surface area contributed by atoms with Crippen molar-refractivity contribution in [1.82, 2.24) is 0 Å². The van der Waals surface area contributed by atoms with Gasteiger partial charge in [-0.3, -0.25) is 4.79 Å². The number of hydrogen-bond acceptors (Lipinski definition) is 6. The first kappa shape index (κ1) is 29.5. The van der Waals surface area contributed by atoms with E-state index >= 15 is 0 Å². The zero-order valence-corrected chi connectivity index (χ0v) is 22.0. The van der Waals surface area contributed by atoms with Gasteiger partial charge in [0.25, 0.3) is 0 Å². The molecule has 0 saturated heterocycles. The van der Waals surface area contributed by atoms with Crippen LogP contribution in [-0.2, 0) is 16.0 Å². The Bertz CT molecular complexity index is 1130. The highest BCUT2D eigenvalue weighted by Crippen LogP contribution is 2.36. The van der Waals surface area contributed by atoms with Gasteiger partial charge in [-0.15, -0.1) is 13.2 Å². The second-order valence-electron chi connectivity index (χ2n) is 9.90. The lowest BCUT2D eigenvalue weighted by atomic mass is 9.98. The zero-order valence-electron chi connectivity index (χ0n) is 22.0. The van der Waals surface area contributed by atoms with E-state index in [-0.39, 0.29) is 12.3 Å². The van der Waals surface area contributed by atoms with E-state index < -0.39 is 17.9 Å². The van der Waals surface area contributed by atoms with Crippen LogP contribution in [0.2, 0.25) is 0 Å². The van der Waals surface area contributed by atoms with Crippen LogP contribution in [0.4, 0.5) is 13.2 Å². The Hall–Kier alpha value is -3.04. The Labute approximate surface area is 222 Å². The van der Waals surface area contributed by atoms with Gasteiger partial charge in [0.2, 0.25) is 0 Å². The predicted molar refractivity (Wildman–Crippen MR) is 142 cm³/mol. The van der Waals surface area contributed by atoms with Crippen molar-refractivity contribution in [3.05, 3.63) is 58.7 Å². The lowest BCUT2D eigenvalue weighted by Crippen LogP contribution is -2.52. The van der Waals surface area contributed by atoms with Crippen LogP contribution in [0.15, 0.2) is 36.4 Å². The van der Waals surface area contributed by atoms with Crippen LogP contribution < -0.4 is 20.9 Å². The van der Waals surface area contributed by atoms with Gasteiger partial charge in [-0.2, -0.15) is 0 Å². The van der Waals surface area contributed by atoms with Crippen molar-refractivity contribution in [2.24, 2.45) is 11.5 Å². The first-order chi connectivity index (χ1) is 18.0. The molecule has 0 fully saturated rings. The number of esters is 1. The van der Waals surface area contributed by atoms with Crippen LogP contribution in [-0.4, -0.2) is 37.6 Å². The van der Waals surface area contributed by atoms with Crippen molar-refractivity contribution < 1.29 is 32.2 Å². The number of fused-ring (bicyclic) bond motifs is 1. The SMILES string of the molecule is Cc1cc(C2=Cc3c(cccc3OCCCCCCOC(=O)C(C)(N)CN)CCC2)ccc1OC(F)(F)F. The number of alkyl halides is 3. The van der Waals surface area contributed by atoms with Gasteiger partial charge in [0.05, 0.1) is 13.2 Å². The number of ether oxygens (including phenoxy) is 3. The molecular weight excluding hydrogens is 497 g/mol. The van der Waals surface area contributed by atoms with Gasteiger partial charge in [-0.25, -0.2) is 0 Å². The summed E-state index contributed by atoms with van der Waals surface area (Å²) in [6.07, 6.45) is 3.43. The first-order valence-corrected chi connectivity index (χ1v) is 13.0. The number of rotatable bonds is 12. The molecule has 6 nitrogen and oxygen atoms in total. The molecule has 0 aliphatic heterocycles. The van der Waals surface area contributed by atoms with Crippen molar-refractivity contribution >= 4 is 17.6 Å². The highest BCUT2D eigenvalue weighted by Gasteiger charge is 2.32. The standard InChI is InChI=1S/C29H37F3N2O4/c1-20-17-23(13-14-25(20)38-29(30,31)32)22-11-7-9-21-10-8-12-26(24(21)18-22)36-15-5-3-4-6-16-37-27(35)28(2,34)19-33/h8,10,12-14,17-18H,3-7,9,11,15-16,19,33-34H2,1-2H3. The predicted octanol–water partition coefficient (Wildman–Crippen LogP) is 5.93. The summed E-state index contributed by atoms with van der Waals surface area (Å²) in [5.74, 6) is 0.126. The molecule has 1 atom stereocenters. The van der Waals surface area contributed by atoms with E-state index in [2.05, 4.69) is 16.9 Å². The molecule has 38 heavy (non-hydrogen) atoms. The Morgan fingerprint density at radius 3 is 2.42 bits per heavy atom. The summed E-state index contributed by atoms with van der Waals surface area (Å²) < 4.78 is 53.4. The number of carbonyl (C=O) groups excluding carboxylic acids is 1. The average molecular weight is 535 g/mol. The van der Waals surface area contributed by atoms with Gasteiger partial charge in [0.1, 0.15) is 17.0 Å². The summed E-state index contributed by atoms with van der Waals surface area (Å²) in [6, 6.07) is 10.8. The van der Waals surface area contributed by atoms with E-state index in [4.69, 9.17) is 20.9 Å². The number of allylic oxidation sites excluding steroid dienone is 1. The minimum absolute atomic E-state index is 0.0336. The second kappa shape index (κ2) is 13.2. The van der Waals surface area contributed by atoms with Crippen molar-refractivity contribution in [3.8, 4) is 11.5 Å². The summed E-state index contributed by atoms with van der Waals surface area (Å²) >= 11 is 0. The Kier molecular flexibility index (Phi) is 10.2. The van der Waals surface area contributed by atoms with E-state index in [1.807, 2.05) is 12.1 Å². The van der Waals surface area contributed by atoms with Crippen molar-refractivity contribution in [3.63, 3.8) is 0 Å². The van der Waals surface area contributed by atoms with E-state index in [0.29, 0.717) is 18.8 Å². The molecular formula is C29H37F3N2O4. The highest BCUT2D eigenvalue weighted by atomic mass is 19.4. The first-order valence-electron chi connectivity index (χ1n) is 13.0. The van der Waals surface area contributed by atoms with Crippen LogP contribution in [0.5, 0.6) is 11.5 Å². The van der Waals surface area contributed by atoms with Gasteiger partial charge in [-0.05, 0) is 105 Å². The lowest BCUT2D eigenvalue weighted by Gasteiger charge is -2.20. The topological polar surface area (TPSA) is 96.8 Å². The molecule has 4 N–H and O–H groups in total. The molecule has 0 bridgehead atoms. The fourth-order valence-electron chi connectivity index (χ4n) is 4.28. The third-order valence-corrected chi connectivity index (χ3v) is 6.56. The molecule has 3 rings (SSSR count). The minimum atomic E-state index is -4.72. The van der Waals surface area contributed by atoms with E-state index in [0.717, 1.165) is 67.4 Å². The highest BCUT2D eigenvalue weighted by molar-refractivity contribution is 5.85. The van der Waals surface area contributed by atoms with Gasteiger partial charge in [0.15, 0.2) is 0 Å². The molecule has 0 saturated carbocycles. The number of aryl methyl sites for hydroxylation is 2. The minimum Gasteiger partial charge on any atom is -0.493 e. The summed E-state index contributed by atoms with van der Waals surface area (Å²) in [5.41, 5.74) is 14.7. The Balaban J connectivity index is 1.56. The fourth-order valence-corrected chi connectivity index (χ4v) is 4.28. The number of halogens is 3. The zero-order chi connectivity index (χ0) is 27.8. The summed E-state index contributed by atoms with van der Waals surface area (Å²) in [5, 5.41) is 0. The van der Waals surface area contributed by atoms with Gasteiger partial charge in [-0.1, -0.05) is 18.2 Å². The molecule has 0 aromatic heterocycles. The lowest BCUT2D eigenvalue weighted by molar-refractivity contribution is -0.274. The molecule has 1 aliphatic rings. The molecule has 1 aliphatic carbocycles. The molecule has 0 amide bonds. The molecule has 9 heteroatoms. The van der Waals surface area contributed by atoms with E-state index in [9.17, 15) is 18.0 Å². The Morgan fingerprint density at radius 1 is 1.00 bits per heavy atom. The molecule has 2 aromatic rings. The largest absolute Gasteiger partial charge is 0.573 e. The smallest absolute Gasteiger partial charge is 0.493 e.